The Morgan fingerprint density at radius 2 is 1.32 bits per heavy atom. The molecule has 0 aromatic carbocycles. The van der Waals surface area contributed by atoms with Gasteiger partial charge in [0.1, 0.15) is 0 Å². The maximum atomic E-state index is 11.1. The van der Waals surface area contributed by atoms with Crippen molar-refractivity contribution in [2.75, 3.05) is 13.2 Å². The van der Waals surface area contributed by atoms with Crippen molar-refractivity contribution in [1.82, 2.24) is 0 Å². The summed E-state index contributed by atoms with van der Waals surface area (Å²) in [7, 11) is 0. The van der Waals surface area contributed by atoms with E-state index in [0.717, 1.165) is 0 Å². The standard InChI is InChI=1S/C12H16O6S/c1-3-5-17-7-8(18-6-4-2)10(12(15)16)19-9(7)11(13)14/h3-6H2,1-2H3,(H,13,14)(H,15,16). The third-order valence-corrected chi connectivity index (χ3v) is 3.24. The highest BCUT2D eigenvalue weighted by atomic mass is 32.1. The topological polar surface area (TPSA) is 93.1 Å². The molecule has 19 heavy (non-hydrogen) atoms. The van der Waals surface area contributed by atoms with Crippen molar-refractivity contribution in [1.29, 1.82) is 0 Å². The summed E-state index contributed by atoms with van der Waals surface area (Å²) in [6.07, 6.45) is 1.37. The first-order chi connectivity index (χ1) is 9.02. The first-order valence-electron chi connectivity index (χ1n) is 5.91. The Morgan fingerprint density at radius 1 is 0.947 bits per heavy atom. The smallest absolute Gasteiger partial charge is 0.349 e. The van der Waals surface area contributed by atoms with Gasteiger partial charge in [0.15, 0.2) is 21.3 Å². The quantitative estimate of drug-likeness (QED) is 0.764. The molecule has 0 spiro atoms. The molecule has 0 unspecified atom stereocenters. The average molecular weight is 288 g/mol. The number of aromatic carboxylic acids is 2. The largest absolute Gasteiger partial charge is 0.488 e. The van der Waals surface area contributed by atoms with Crippen LogP contribution in [0, 0.1) is 0 Å². The van der Waals surface area contributed by atoms with Crippen LogP contribution >= 0.6 is 11.3 Å². The lowest BCUT2D eigenvalue weighted by atomic mass is 10.3. The second-order valence-corrected chi connectivity index (χ2v) is 4.75. The molecule has 1 aromatic heterocycles. The maximum absolute atomic E-state index is 11.1. The number of rotatable bonds is 8. The molecule has 0 fully saturated rings. The van der Waals surface area contributed by atoms with Gasteiger partial charge in [-0.15, -0.1) is 11.3 Å². The van der Waals surface area contributed by atoms with E-state index in [2.05, 4.69) is 0 Å². The van der Waals surface area contributed by atoms with Crippen LogP contribution in [0.25, 0.3) is 0 Å². The van der Waals surface area contributed by atoms with Crippen LogP contribution in [0.4, 0.5) is 0 Å². The number of hydrogen-bond donors (Lipinski definition) is 2. The summed E-state index contributed by atoms with van der Waals surface area (Å²) in [4.78, 5) is 22.0. The minimum atomic E-state index is -1.22. The Morgan fingerprint density at radius 3 is 1.58 bits per heavy atom. The van der Waals surface area contributed by atoms with E-state index in [4.69, 9.17) is 19.7 Å². The van der Waals surface area contributed by atoms with Gasteiger partial charge in [-0.1, -0.05) is 13.8 Å². The Balaban J connectivity index is 3.25. The monoisotopic (exact) mass is 288 g/mol. The molecule has 0 aliphatic rings. The van der Waals surface area contributed by atoms with Gasteiger partial charge in [-0.25, -0.2) is 9.59 Å². The molecule has 0 saturated carbocycles. The summed E-state index contributed by atoms with van der Waals surface area (Å²) >= 11 is 0.654. The highest BCUT2D eigenvalue weighted by Crippen LogP contribution is 2.42. The van der Waals surface area contributed by atoms with Crippen molar-refractivity contribution in [3.05, 3.63) is 9.75 Å². The van der Waals surface area contributed by atoms with Crippen LogP contribution in [0.2, 0.25) is 0 Å². The van der Waals surface area contributed by atoms with Crippen molar-refractivity contribution < 1.29 is 29.3 Å². The Hall–Kier alpha value is -1.76. The van der Waals surface area contributed by atoms with Gasteiger partial charge in [0.05, 0.1) is 13.2 Å². The van der Waals surface area contributed by atoms with Crippen LogP contribution < -0.4 is 9.47 Å². The number of hydrogen-bond acceptors (Lipinski definition) is 5. The van der Waals surface area contributed by atoms with Gasteiger partial charge in [-0.05, 0) is 12.8 Å². The summed E-state index contributed by atoms with van der Waals surface area (Å²) in [6.45, 7) is 4.35. The van der Waals surface area contributed by atoms with E-state index in [1.165, 1.54) is 0 Å². The van der Waals surface area contributed by atoms with Gasteiger partial charge in [0.25, 0.3) is 0 Å². The van der Waals surface area contributed by atoms with Crippen LogP contribution in [0.1, 0.15) is 46.0 Å². The lowest BCUT2D eigenvalue weighted by molar-refractivity contribution is 0.0685. The summed E-state index contributed by atoms with van der Waals surface area (Å²) in [6, 6.07) is 0. The lowest BCUT2D eigenvalue weighted by Gasteiger charge is -2.09. The summed E-state index contributed by atoms with van der Waals surface area (Å²) in [5, 5.41) is 18.2. The van der Waals surface area contributed by atoms with Crippen LogP contribution in [0.5, 0.6) is 11.5 Å². The van der Waals surface area contributed by atoms with Crippen LogP contribution in [0.15, 0.2) is 0 Å². The zero-order chi connectivity index (χ0) is 14.4. The highest BCUT2D eigenvalue weighted by molar-refractivity contribution is 7.16. The van der Waals surface area contributed by atoms with Crippen LogP contribution in [0.3, 0.4) is 0 Å². The maximum Gasteiger partial charge on any atom is 0.349 e. The number of ether oxygens (including phenoxy) is 2. The normalized spacial score (nSPS) is 10.2. The number of carbonyl (C=O) groups is 2. The molecule has 0 aliphatic heterocycles. The van der Waals surface area contributed by atoms with Crippen LogP contribution in [-0.4, -0.2) is 35.4 Å². The lowest BCUT2D eigenvalue weighted by Crippen LogP contribution is -2.05. The van der Waals surface area contributed by atoms with Crippen LogP contribution in [-0.2, 0) is 0 Å². The van der Waals surface area contributed by atoms with Gasteiger partial charge < -0.3 is 19.7 Å². The van der Waals surface area contributed by atoms with Gasteiger partial charge >= 0.3 is 11.9 Å². The molecule has 106 valence electrons. The van der Waals surface area contributed by atoms with Crippen molar-refractivity contribution >= 4 is 23.3 Å². The SMILES string of the molecule is CCCOc1c(C(=O)O)sc(C(=O)O)c1OCCC. The van der Waals surface area contributed by atoms with E-state index < -0.39 is 11.9 Å². The Labute approximate surface area is 114 Å². The molecule has 1 heterocycles. The highest BCUT2D eigenvalue weighted by Gasteiger charge is 2.28. The average Bonchev–Trinajstić information content (AvgIpc) is 2.72. The molecule has 6 nitrogen and oxygen atoms in total. The fraction of sp³-hybridized carbons (Fsp3) is 0.500. The zero-order valence-corrected chi connectivity index (χ0v) is 11.6. The molecule has 1 rings (SSSR count). The van der Waals surface area contributed by atoms with E-state index >= 15 is 0 Å². The minimum Gasteiger partial charge on any atom is -0.488 e. The molecule has 0 radical (unpaired) electrons. The van der Waals surface area contributed by atoms with Crippen molar-refractivity contribution in [2.45, 2.75) is 26.7 Å². The van der Waals surface area contributed by atoms with Gasteiger partial charge in [-0.2, -0.15) is 0 Å². The fourth-order valence-corrected chi connectivity index (χ4v) is 2.22. The molecular weight excluding hydrogens is 272 g/mol. The molecule has 1 aromatic rings. The summed E-state index contributed by atoms with van der Waals surface area (Å²) in [5.74, 6) is -2.40. The first-order valence-corrected chi connectivity index (χ1v) is 6.73. The molecule has 7 heteroatoms. The third kappa shape index (κ3) is 3.60. The molecule has 0 atom stereocenters. The molecule has 0 amide bonds. The predicted octanol–water partition coefficient (Wildman–Crippen LogP) is 2.72. The fourth-order valence-electron chi connectivity index (χ4n) is 1.35. The predicted molar refractivity (Wildman–Crippen MR) is 69.8 cm³/mol. The van der Waals surface area contributed by atoms with E-state index in [9.17, 15) is 9.59 Å². The molecule has 0 saturated heterocycles. The number of thiophene rings is 1. The third-order valence-electron chi connectivity index (χ3n) is 2.11. The van der Waals surface area contributed by atoms with Gasteiger partial charge in [-0.3, -0.25) is 0 Å². The Kier molecular flexibility index (Phi) is 5.62. The Bertz CT molecular complexity index is 425. The number of carboxylic acid groups (broad SMARTS) is 2. The van der Waals surface area contributed by atoms with Crippen molar-refractivity contribution in [2.24, 2.45) is 0 Å². The van der Waals surface area contributed by atoms with Crippen molar-refractivity contribution in [3.63, 3.8) is 0 Å². The molecular formula is C12H16O6S. The second-order valence-electron chi connectivity index (χ2n) is 3.73. The molecule has 0 aliphatic carbocycles. The first kappa shape index (κ1) is 15.3. The van der Waals surface area contributed by atoms with E-state index in [1.807, 2.05) is 13.8 Å². The van der Waals surface area contributed by atoms with Crippen molar-refractivity contribution in [3.8, 4) is 11.5 Å². The van der Waals surface area contributed by atoms with E-state index in [0.29, 0.717) is 37.4 Å². The molecule has 2 N–H and O–H groups in total. The second kappa shape index (κ2) is 6.98. The van der Waals surface area contributed by atoms with Gasteiger partial charge in [0.2, 0.25) is 0 Å². The van der Waals surface area contributed by atoms with Gasteiger partial charge in [0, 0.05) is 0 Å². The summed E-state index contributed by atoms with van der Waals surface area (Å²) < 4.78 is 10.7. The molecule has 0 bridgehead atoms. The number of carboxylic acids is 2. The van der Waals surface area contributed by atoms with E-state index in [1.54, 1.807) is 0 Å². The zero-order valence-electron chi connectivity index (χ0n) is 10.8. The van der Waals surface area contributed by atoms with E-state index in [-0.39, 0.29) is 21.3 Å². The summed E-state index contributed by atoms with van der Waals surface area (Å²) in [5.41, 5.74) is 0. The minimum absolute atomic E-state index is 0.0187.